The summed E-state index contributed by atoms with van der Waals surface area (Å²) in [5.74, 6) is 1.49. The Bertz CT molecular complexity index is 1200. The molecule has 2 aliphatic heterocycles. The van der Waals surface area contributed by atoms with E-state index < -0.39 is 5.91 Å². The highest BCUT2D eigenvalue weighted by Crippen LogP contribution is 2.32. The van der Waals surface area contributed by atoms with Gasteiger partial charge < -0.3 is 14.2 Å². The fourth-order valence-corrected chi connectivity index (χ4v) is 4.45. The largest absolute Gasteiger partial charge is 0.490 e. The molecule has 9 heteroatoms. The summed E-state index contributed by atoms with van der Waals surface area (Å²) >= 11 is 1.34. The number of hydrogen-bond acceptors (Lipinski definition) is 7. The van der Waals surface area contributed by atoms with E-state index in [0.29, 0.717) is 42.1 Å². The molecule has 0 aliphatic carbocycles. The molecule has 2 aliphatic rings. The Morgan fingerprint density at radius 3 is 2.54 bits per heavy atom. The Morgan fingerprint density at radius 1 is 1.03 bits per heavy atom. The molecule has 182 valence electrons. The smallest absolute Gasteiger partial charge is 0.283 e. The van der Waals surface area contributed by atoms with Crippen molar-refractivity contribution in [2.45, 2.75) is 33.6 Å². The van der Waals surface area contributed by atoms with Gasteiger partial charge in [0.15, 0.2) is 17.3 Å². The maximum atomic E-state index is 12.6. The van der Waals surface area contributed by atoms with Crippen molar-refractivity contribution in [2.75, 3.05) is 19.8 Å². The average molecular weight is 493 g/mol. The Balaban J connectivity index is 1.45. The topological polar surface area (TPSA) is 96.6 Å². The first-order valence-electron chi connectivity index (χ1n) is 11.6. The first-order chi connectivity index (χ1) is 17.0. The molecule has 0 spiro atoms. The fraction of sp³-hybridized carbons (Fsp3) is 0.308. The SMILES string of the molecule is CCCC1=NN2C(=N)C(=Cc3ccc(OCCOc4ccc(C)cc4)c(OCC)c3)C(=O)N=C2S1. The molecule has 2 aromatic rings. The van der Waals surface area contributed by atoms with E-state index in [1.54, 1.807) is 18.2 Å². The average Bonchev–Trinajstić information content (AvgIpc) is 3.24. The number of rotatable bonds is 10. The van der Waals surface area contributed by atoms with Crippen LogP contribution in [-0.4, -0.2) is 46.8 Å². The van der Waals surface area contributed by atoms with Crippen LogP contribution in [0.25, 0.3) is 6.08 Å². The highest BCUT2D eigenvalue weighted by molar-refractivity contribution is 8.26. The minimum absolute atomic E-state index is 0.0187. The molecule has 8 nitrogen and oxygen atoms in total. The zero-order valence-corrected chi connectivity index (χ0v) is 20.9. The molecule has 2 aromatic carbocycles. The summed E-state index contributed by atoms with van der Waals surface area (Å²) in [5.41, 5.74) is 2.06. The number of benzene rings is 2. The number of hydrogen-bond donors (Lipinski definition) is 1. The van der Waals surface area contributed by atoms with Crippen molar-refractivity contribution in [1.29, 1.82) is 5.41 Å². The van der Waals surface area contributed by atoms with E-state index in [1.807, 2.05) is 44.2 Å². The molecule has 35 heavy (non-hydrogen) atoms. The number of aliphatic imine (C=N–C) groups is 1. The molecule has 0 atom stereocenters. The quantitative estimate of drug-likeness (QED) is 0.358. The lowest BCUT2D eigenvalue weighted by Gasteiger charge is -2.20. The van der Waals surface area contributed by atoms with Gasteiger partial charge in [-0.15, -0.1) is 0 Å². The first kappa shape index (κ1) is 24.5. The van der Waals surface area contributed by atoms with Crippen molar-refractivity contribution >= 4 is 39.8 Å². The van der Waals surface area contributed by atoms with E-state index in [2.05, 4.69) is 17.0 Å². The summed E-state index contributed by atoms with van der Waals surface area (Å²) in [6, 6.07) is 13.2. The second-order valence-corrected chi connectivity index (χ2v) is 8.95. The molecule has 2 heterocycles. The van der Waals surface area contributed by atoms with E-state index in [9.17, 15) is 4.79 Å². The van der Waals surface area contributed by atoms with Crippen LogP contribution in [0, 0.1) is 12.3 Å². The fourth-order valence-electron chi connectivity index (χ4n) is 3.46. The Morgan fingerprint density at radius 2 is 1.80 bits per heavy atom. The zero-order valence-electron chi connectivity index (χ0n) is 20.0. The normalized spacial score (nSPS) is 16.2. The predicted molar refractivity (Wildman–Crippen MR) is 140 cm³/mol. The van der Waals surface area contributed by atoms with Crippen LogP contribution < -0.4 is 14.2 Å². The van der Waals surface area contributed by atoms with Gasteiger partial charge >= 0.3 is 0 Å². The highest BCUT2D eigenvalue weighted by atomic mass is 32.2. The lowest BCUT2D eigenvalue weighted by molar-refractivity contribution is -0.114. The molecule has 4 rings (SSSR count). The number of hydrazone groups is 1. The van der Waals surface area contributed by atoms with Crippen LogP contribution in [0.2, 0.25) is 0 Å². The second-order valence-electron chi connectivity index (χ2n) is 7.91. The number of ether oxygens (including phenoxy) is 3. The molecule has 0 radical (unpaired) electrons. The Labute approximate surface area is 209 Å². The van der Waals surface area contributed by atoms with Gasteiger partial charge in [-0.3, -0.25) is 10.2 Å². The van der Waals surface area contributed by atoms with Crippen molar-refractivity contribution in [3.05, 3.63) is 59.2 Å². The van der Waals surface area contributed by atoms with Gasteiger partial charge in [-0.05, 0) is 74.4 Å². The minimum Gasteiger partial charge on any atom is -0.490 e. The maximum absolute atomic E-state index is 12.6. The van der Waals surface area contributed by atoms with Crippen molar-refractivity contribution in [1.82, 2.24) is 5.01 Å². The lowest BCUT2D eigenvalue weighted by Crippen LogP contribution is -2.35. The molecule has 0 saturated heterocycles. The van der Waals surface area contributed by atoms with Gasteiger partial charge in [0.05, 0.1) is 12.2 Å². The number of fused-ring (bicyclic) bond motifs is 1. The van der Waals surface area contributed by atoms with Crippen LogP contribution in [0.5, 0.6) is 17.2 Å². The van der Waals surface area contributed by atoms with E-state index in [4.69, 9.17) is 19.6 Å². The number of thioether (sulfide) groups is 1. The predicted octanol–water partition coefficient (Wildman–Crippen LogP) is 5.27. The number of carbonyl (C=O) groups is 1. The number of nitrogens with zero attached hydrogens (tertiary/aromatic N) is 3. The van der Waals surface area contributed by atoms with Crippen molar-refractivity contribution < 1.29 is 19.0 Å². The van der Waals surface area contributed by atoms with E-state index in [0.717, 1.165) is 23.6 Å². The van der Waals surface area contributed by atoms with E-state index >= 15 is 0 Å². The van der Waals surface area contributed by atoms with Gasteiger partial charge in [-0.25, -0.2) is 0 Å². The number of nitrogens with one attached hydrogen (secondary N) is 1. The minimum atomic E-state index is -0.451. The third kappa shape index (κ3) is 5.92. The standard InChI is InChI=1S/C26H28N4O4S/c1-4-6-23-29-30-24(27)20(25(31)28-26(30)35-23)15-18-9-12-21(22(16-18)32-5-2)34-14-13-33-19-10-7-17(3)8-11-19/h7-12,15-16,27H,4-6,13-14H2,1-3H3. The zero-order chi connectivity index (χ0) is 24.8. The molecule has 0 bridgehead atoms. The molecule has 0 aromatic heterocycles. The van der Waals surface area contributed by atoms with Gasteiger partial charge in [-0.1, -0.05) is 30.7 Å². The van der Waals surface area contributed by atoms with Gasteiger partial charge in [0.1, 0.15) is 24.0 Å². The van der Waals surface area contributed by atoms with Crippen molar-refractivity contribution in [3.63, 3.8) is 0 Å². The van der Waals surface area contributed by atoms with Crippen LogP contribution in [0.3, 0.4) is 0 Å². The molecule has 1 N–H and O–H groups in total. The Hall–Kier alpha value is -3.59. The van der Waals surface area contributed by atoms with Crippen LogP contribution in [0.4, 0.5) is 0 Å². The third-order valence-corrected chi connectivity index (χ3v) is 6.14. The molecule has 0 saturated carbocycles. The summed E-state index contributed by atoms with van der Waals surface area (Å²) in [6.07, 6.45) is 3.36. The molecular formula is C26H28N4O4S. The summed E-state index contributed by atoms with van der Waals surface area (Å²) in [4.78, 5) is 16.8. The molecular weight excluding hydrogens is 464 g/mol. The maximum Gasteiger partial charge on any atom is 0.283 e. The van der Waals surface area contributed by atoms with E-state index in [-0.39, 0.29) is 11.4 Å². The van der Waals surface area contributed by atoms with Crippen LogP contribution in [0.1, 0.15) is 37.8 Å². The molecule has 0 unspecified atom stereocenters. The van der Waals surface area contributed by atoms with Gasteiger partial charge in [0.25, 0.3) is 5.91 Å². The van der Waals surface area contributed by atoms with E-state index in [1.165, 1.54) is 22.3 Å². The summed E-state index contributed by atoms with van der Waals surface area (Å²) in [6.45, 7) is 7.18. The Kier molecular flexibility index (Phi) is 7.87. The summed E-state index contributed by atoms with van der Waals surface area (Å²) < 4.78 is 17.4. The number of aryl methyl sites for hydroxylation is 1. The van der Waals surface area contributed by atoms with Gasteiger partial charge in [0, 0.05) is 0 Å². The van der Waals surface area contributed by atoms with Crippen molar-refractivity contribution in [2.24, 2.45) is 10.1 Å². The second kappa shape index (κ2) is 11.2. The highest BCUT2D eigenvalue weighted by Gasteiger charge is 2.35. The number of amidine groups is 2. The monoisotopic (exact) mass is 492 g/mol. The number of carbonyl (C=O) groups excluding carboxylic acids is 1. The first-order valence-corrected chi connectivity index (χ1v) is 12.4. The van der Waals surface area contributed by atoms with Crippen LogP contribution in [0.15, 0.2) is 58.1 Å². The summed E-state index contributed by atoms with van der Waals surface area (Å²) in [7, 11) is 0. The summed E-state index contributed by atoms with van der Waals surface area (Å²) in [5, 5.41) is 15.7. The van der Waals surface area contributed by atoms with Gasteiger partial charge in [0.2, 0.25) is 5.17 Å². The van der Waals surface area contributed by atoms with Crippen LogP contribution >= 0.6 is 11.8 Å². The third-order valence-electron chi connectivity index (χ3n) is 5.17. The molecule has 1 amide bonds. The van der Waals surface area contributed by atoms with Crippen LogP contribution in [-0.2, 0) is 4.79 Å². The van der Waals surface area contributed by atoms with Crippen molar-refractivity contribution in [3.8, 4) is 17.2 Å². The number of amides is 1. The van der Waals surface area contributed by atoms with Gasteiger partial charge in [-0.2, -0.15) is 15.1 Å². The molecule has 0 fully saturated rings. The lowest BCUT2D eigenvalue weighted by atomic mass is 10.1.